The molecule has 4 heteroatoms. The fourth-order valence-corrected chi connectivity index (χ4v) is 2.63. The van der Waals surface area contributed by atoms with Crippen LogP contribution in [0.25, 0.3) is 0 Å². The summed E-state index contributed by atoms with van der Waals surface area (Å²) in [6.07, 6.45) is 2.39. The molecule has 1 atom stereocenters. The zero-order chi connectivity index (χ0) is 13.7. The van der Waals surface area contributed by atoms with E-state index in [4.69, 9.17) is 15.6 Å². The second-order valence-electron chi connectivity index (χ2n) is 5.17. The van der Waals surface area contributed by atoms with Gasteiger partial charge in [0.1, 0.15) is 0 Å². The third-order valence-corrected chi connectivity index (χ3v) is 3.89. The van der Waals surface area contributed by atoms with Gasteiger partial charge in [-0.05, 0) is 37.5 Å². The van der Waals surface area contributed by atoms with Crippen LogP contribution in [0.4, 0.5) is 5.69 Å². The van der Waals surface area contributed by atoms with Crippen molar-refractivity contribution in [2.45, 2.75) is 31.9 Å². The molecule has 1 aromatic carbocycles. The normalized spacial score (nSPS) is 19.5. The first-order valence-corrected chi connectivity index (χ1v) is 7.02. The third-order valence-electron chi connectivity index (χ3n) is 3.89. The van der Waals surface area contributed by atoms with Crippen LogP contribution in [0, 0.1) is 0 Å². The predicted molar refractivity (Wildman–Crippen MR) is 76.9 cm³/mol. The van der Waals surface area contributed by atoms with Crippen molar-refractivity contribution in [3.63, 3.8) is 0 Å². The highest BCUT2D eigenvalue weighted by molar-refractivity contribution is 5.40. The van der Waals surface area contributed by atoms with Gasteiger partial charge < -0.3 is 15.6 Å². The lowest BCUT2D eigenvalue weighted by molar-refractivity contribution is -0.0141. The molecule has 106 valence electrons. The highest BCUT2D eigenvalue weighted by Crippen LogP contribution is 2.25. The van der Waals surface area contributed by atoms with Crippen molar-refractivity contribution in [3.8, 4) is 0 Å². The molecule has 3 N–H and O–H groups in total. The van der Waals surface area contributed by atoms with Crippen molar-refractivity contribution < 1.29 is 9.84 Å². The number of benzene rings is 1. The number of hydrogen-bond acceptors (Lipinski definition) is 4. The van der Waals surface area contributed by atoms with E-state index in [1.54, 1.807) is 0 Å². The molecule has 1 saturated heterocycles. The van der Waals surface area contributed by atoms with Gasteiger partial charge >= 0.3 is 0 Å². The monoisotopic (exact) mass is 264 g/mol. The molecule has 1 unspecified atom stereocenters. The van der Waals surface area contributed by atoms with Gasteiger partial charge in [0.2, 0.25) is 0 Å². The van der Waals surface area contributed by atoms with Gasteiger partial charge in [0.15, 0.2) is 0 Å². The Labute approximate surface area is 115 Å². The van der Waals surface area contributed by atoms with Gasteiger partial charge in [-0.1, -0.05) is 12.1 Å². The van der Waals surface area contributed by atoms with Crippen LogP contribution in [-0.4, -0.2) is 42.4 Å². The van der Waals surface area contributed by atoms with Gasteiger partial charge in [-0.2, -0.15) is 0 Å². The molecule has 1 heterocycles. The van der Waals surface area contributed by atoms with Crippen LogP contribution in [0.2, 0.25) is 0 Å². The van der Waals surface area contributed by atoms with Gasteiger partial charge in [-0.3, -0.25) is 4.90 Å². The van der Waals surface area contributed by atoms with Crippen molar-refractivity contribution in [1.29, 1.82) is 0 Å². The maximum Gasteiger partial charge on any atom is 0.0701 e. The number of aliphatic hydroxyl groups excluding tert-OH is 1. The number of piperidine rings is 1. The molecule has 0 saturated carbocycles. The average Bonchev–Trinajstić information content (AvgIpc) is 2.46. The standard InChI is InChI=1S/C15H24N2O2/c1-12(13-2-4-14(16)5-3-13)17-8-6-15(7-9-17)19-11-10-18/h2-5,12,15,18H,6-11,16H2,1H3. The van der Waals surface area contributed by atoms with Crippen molar-refractivity contribution >= 4 is 5.69 Å². The Morgan fingerprint density at radius 1 is 1.32 bits per heavy atom. The van der Waals surface area contributed by atoms with Crippen LogP contribution in [0.5, 0.6) is 0 Å². The largest absolute Gasteiger partial charge is 0.399 e. The lowest BCUT2D eigenvalue weighted by atomic mass is 10.0. The summed E-state index contributed by atoms with van der Waals surface area (Å²) in [6, 6.07) is 8.55. The number of nitrogen functional groups attached to an aromatic ring is 1. The average molecular weight is 264 g/mol. The van der Waals surface area contributed by atoms with E-state index in [1.807, 2.05) is 12.1 Å². The Balaban J connectivity index is 1.85. The number of nitrogens with zero attached hydrogens (tertiary/aromatic N) is 1. The minimum Gasteiger partial charge on any atom is -0.399 e. The second kappa shape index (κ2) is 6.89. The van der Waals surface area contributed by atoms with E-state index in [9.17, 15) is 0 Å². The lowest BCUT2D eigenvalue weighted by Crippen LogP contribution is -2.38. The summed E-state index contributed by atoms with van der Waals surface area (Å²) in [5, 5.41) is 8.76. The fourth-order valence-electron chi connectivity index (χ4n) is 2.63. The SMILES string of the molecule is CC(c1ccc(N)cc1)N1CCC(OCCO)CC1. The molecular weight excluding hydrogens is 240 g/mol. The molecule has 1 aromatic rings. The highest BCUT2D eigenvalue weighted by atomic mass is 16.5. The number of hydrogen-bond donors (Lipinski definition) is 2. The van der Waals surface area contributed by atoms with Crippen LogP contribution in [0.15, 0.2) is 24.3 Å². The summed E-state index contributed by atoms with van der Waals surface area (Å²) < 4.78 is 5.59. The lowest BCUT2D eigenvalue weighted by Gasteiger charge is -2.36. The summed E-state index contributed by atoms with van der Waals surface area (Å²) in [7, 11) is 0. The zero-order valence-electron chi connectivity index (χ0n) is 11.6. The van der Waals surface area contributed by atoms with Crippen molar-refractivity contribution in [1.82, 2.24) is 4.90 Å². The first-order valence-electron chi connectivity index (χ1n) is 7.02. The van der Waals surface area contributed by atoms with Crippen LogP contribution >= 0.6 is 0 Å². The number of anilines is 1. The fraction of sp³-hybridized carbons (Fsp3) is 0.600. The van der Waals surface area contributed by atoms with E-state index in [0.717, 1.165) is 31.6 Å². The van der Waals surface area contributed by atoms with Crippen LogP contribution in [-0.2, 0) is 4.74 Å². The Morgan fingerprint density at radius 3 is 2.53 bits per heavy atom. The Hall–Kier alpha value is -1.10. The van der Waals surface area contributed by atoms with Crippen LogP contribution in [0.3, 0.4) is 0 Å². The van der Waals surface area contributed by atoms with E-state index in [2.05, 4.69) is 24.0 Å². The molecule has 0 spiro atoms. The topological polar surface area (TPSA) is 58.7 Å². The van der Waals surface area contributed by atoms with Crippen LogP contribution < -0.4 is 5.73 Å². The summed E-state index contributed by atoms with van der Waals surface area (Å²) in [5.74, 6) is 0. The zero-order valence-corrected chi connectivity index (χ0v) is 11.6. The van der Waals surface area contributed by atoms with Gasteiger partial charge in [0, 0.05) is 24.8 Å². The van der Waals surface area contributed by atoms with Crippen LogP contribution in [0.1, 0.15) is 31.4 Å². The van der Waals surface area contributed by atoms with Gasteiger partial charge in [-0.15, -0.1) is 0 Å². The Kier molecular flexibility index (Phi) is 5.19. The molecule has 1 aliphatic rings. The summed E-state index contributed by atoms with van der Waals surface area (Å²) in [5.41, 5.74) is 7.84. The van der Waals surface area contributed by atoms with Gasteiger partial charge in [-0.25, -0.2) is 0 Å². The minimum absolute atomic E-state index is 0.113. The Morgan fingerprint density at radius 2 is 1.95 bits per heavy atom. The maximum atomic E-state index is 8.76. The number of likely N-dealkylation sites (tertiary alicyclic amines) is 1. The molecule has 4 nitrogen and oxygen atoms in total. The molecule has 0 bridgehead atoms. The molecule has 2 rings (SSSR count). The van der Waals surface area contributed by atoms with Gasteiger partial charge in [0.25, 0.3) is 0 Å². The van der Waals surface area contributed by atoms with Crippen molar-refractivity contribution in [2.75, 3.05) is 32.0 Å². The Bertz CT molecular complexity index is 372. The number of aliphatic hydroxyl groups is 1. The third kappa shape index (κ3) is 3.93. The molecule has 0 aliphatic carbocycles. The van der Waals surface area contributed by atoms with Crippen molar-refractivity contribution in [2.24, 2.45) is 0 Å². The highest BCUT2D eigenvalue weighted by Gasteiger charge is 2.23. The second-order valence-corrected chi connectivity index (χ2v) is 5.17. The molecule has 1 aliphatic heterocycles. The van der Waals surface area contributed by atoms with Gasteiger partial charge in [0.05, 0.1) is 19.3 Å². The van der Waals surface area contributed by atoms with E-state index in [-0.39, 0.29) is 6.61 Å². The van der Waals surface area contributed by atoms with E-state index >= 15 is 0 Å². The number of ether oxygens (including phenoxy) is 1. The number of nitrogens with two attached hydrogens (primary N) is 1. The molecule has 0 aromatic heterocycles. The molecule has 0 radical (unpaired) electrons. The first-order chi connectivity index (χ1) is 9.20. The van der Waals surface area contributed by atoms with E-state index in [1.165, 1.54) is 5.56 Å². The smallest absolute Gasteiger partial charge is 0.0701 e. The summed E-state index contributed by atoms with van der Waals surface area (Å²) >= 11 is 0. The minimum atomic E-state index is 0.113. The molecule has 1 fully saturated rings. The van der Waals surface area contributed by atoms with Crippen molar-refractivity contribution in [3.05, 3.63) is 29.8 Å². The first kappa shape index (κ1) is 14.3. The van der Waals surface area contributed by atoms with E-state index < -0.39 is 0 Å². The molecular formula is C15H24N2O2. The summed E-state index contributed by atoms with van der Waals surface area (Å²) in [4.78, 5) is 2.48. The quantitative estimate of drug-likeness (QED) is 0.796. The maximum absolute atomic E-state index is 8.76. The molecule has 19 heavy (non-hydrogen) atoms. The number of rotatable bonds is 5. The summed E-state index contributed by atoms with van der Waals surface area (Å²) in [6.45, 7) is 4.89. The predicted octanol–water partition coefficient (Wildman–Crippen LogP) is 1.80. The van der Waals surface area contributed by atoms with E-state index in [0.29, 0.717) is 18.8 Å². The molecule has 0 amide bonds.